The van der Waals surface area contributed by atoms with Crippen molar-refractivity contribution in [1.29, 1.82) is 0 Å². The minimum Gasteiger partial charge on any atom is -0.477 e. The van der Waals surface area contributed by atoms with Crippen LogP contribution in [-0.4, -0.2) is 46.0 Å². The second kappa shape index (κ2) is 7.94. The van der Waals surface area contributed by atoms with E-state index >= 15 is 0 Å². The van der Waals surface area contributed by atoms with Crippen molar-refractivity contribution in [1.82, 2.24) is 10.2 Å². The van der Waals surface area contributed by atoms with Crippen LogP contribution < -0.4 is 5.32 Å². The molecule has 1 fully saturated rings. The molecule has 0 radical (unpaired) electrons. The second-order valence-electron chi connectivity index (χ2n) is 7.49. The zero-order chi connectivity index (χ0) is 21.3. The van der Waals surface area contributed by atoms with Gasteiger partial charge in [-0.15, -0.1) is 0 Å². The SMILES string of the molecule is O=C(O)C1=CN(Cc2ccccc2-c2ccc(C(=O)NC3CC3)cc2)CC(=O)C1=O. The summed E-state index contributed by atoms with van der Waals surface area (Å²) in [6.45, 7) is 0.111. The molecular formula is C23H20N2O5. The molecule has 1 amide bonds. The van der Waals surface area contributed by atoms with Crippen LogP contribution in [0.25, 0.3) is 11.1 Å². The van der Waals surface area contributed by atoms with Gasteiger partial charge in [0, 0.05) is 24.4 Å². The number of amides is 1. The lowest BCUT2D eigenvalue weighted by molar-refractivity contribution is -0.140. The van der Waals surface area contributed by atoms with E-state index in [1.165, 1.54) is 11.1 Å². The summed E-state index contributed by atoms with van der Waals surface area (Å²) < 4.78 is 0. The highest BCUT2D eigenvalue weighted by Crippen LogP contribution is 2.26. The Balaban J connectivity index is 1.57. The van der Waals surface area contributed by atoms with Crippen molar-refractivity contribution in [3.63, 3.8) is 0 Å². The summed E-state index contributed by atoms with van der Waals surface area (Å²) in [5, 5.41) is 12.1. The molecule has 4 rings (SSSR count). The molecule has 7 heteroatoms. The van der Waals surface area contributed by atoms with Gasteiger partial charge in [-0.3, -0.25) is 14.4 Å². The first-order valence-electron chi connectivity index (χ1n) is 9.68. The molecule has 0 aromatic heterocycles. The lowest BCUT2D eigenvalue weighted by atomic mass is 9.97. The van der Waals surface area contributed by atoms with Crippen molar-refractivity contribution in [2.24, 2.45) is 0 Å². The molecule has 0 bridgehead atoms. The van der Waals surface area contributed by atoms with Crippen molar-refractivity contribution in [3.05, 3.63) is 71.4 Å². The van der Waals surface area contributed by atoms with E-state index in [4.69, 9.17) is 0 Å². The van der Waals surface area contributed by atoms with Gasteiger partial charge in [0.15, 0.2) is 0 Å². The minimum absolute atomic E-state index is 0.0832. The molecule has 2 aromatic rings. The summed E-state index contributed by atoms with van der Waals surface area (Å²) in [5.41, 5.74) is 2.75. The van der Waals surface area contributed by atoms with Gasteiger partial charge < -0.3 is 15.3 Å². The average molecular weight is 404 g/mol. The van der Waals surface area contributed by atoms with Gasteiger partial charge in [0.25, 0.3) is 5.91 Å². The Morgan fingerprint density at radius 1 is 1.03 bits per heavy atom. The number of aliphatic carboxylic acids is 1. The number of nitrogens with one attached hydrogen (secondary N) is 1. The number of nitrogens with zero attached hydrogens (tertiary/aromatic N) is 1. The Labute approximate surface area is 173 Å². The number of Topliss-reactive ketones (excluding diaryl/α,β-unsaturated/α-hetero) is 2. The molecule has 0 spiro atoms. The zero-order valence-electron chi connectivity index (χ0n) is 16.1. The molecule has 7 nitrogen and oxygen atoms in total. The van der Waals surface area contributed by atoms with Crippen LogP contribution in [0.4, 0.5) is 0 Å². The Bertz CT molecular complexity index is 1070. The van der Waals surface area contributed by atoms with Gasteiger partial charge in [0.1, 0.15) is 5.57 Å². The predicted molar refractivity (Wildman–Crippen MR) is 109 cm³/mol. The molecule has 2 aliphatic rings. The number of hydrogen-bond donors (Lipinski definition) is 2. The molecule has 152 valence electrons. The van der Waals surface area contributed by atoms with Gasteiger partial charge in [-0.25, -0.2) is 4.79 Å². The standard InChI is InChI=1S/C23H20N2O5/c26-20-13-25(12-19(21(20)27)23(29)30)11-16-3-1-2-4-18(16)14-5-7-15(8-6-14)22(28)24-17-9-10-17/h1-8,12,17H,9-11,13H2,(H,24,28)(H,29,30). The first-order chi connectivity index (χ1) is 14.4. The number of benzene rings is 2. The van der Waals surface area contributed by atoms with E-state index in [2.05, 4.69) is 5.32 Å². The predicted octanol–water partition coefficient (Wildman–Crippen LogP) is 2.17. The molecule has 1 aliphatic carbocycles. The number of ketones is 2. The first-order valence-corrected chi connectivity index (χ1v) is 9.68. The summed E-state index contributed by atoms with van der Waals surface area (Å²) in [5.74, 6) is -3.20. The molecular weight excluding hydrogens is 384 g/mol. The monoisotopic (exact) mass is 404 g/mol. The van der Waals surface area contributed by atoms with E-state index in [1.807, 2.05) is 36.4 Å². The minimum atomic E-state index is -1.41. The van der Waals surface area contributed by atoms with Crippen LogP contribution in [0.3, 0.4) is 0 Å². The van der Waals surface area contributed by atoms with Crippen LogP contribution in [0.15, 0.2) is 60.3 Å². The number of rotatable bonds is 6. The summed E-state index contributed by atoms with van der Waals surface area (Å²) in [6, 6.07) is 15.1. The third-order valence-electron chi connectivity index (χ3n) is 5.15. The maximum absolute atomic E-state index is 12.2. The highest BCUT2D eigenvalue weighted by atomic mass is 16.4. The van der Waals surface area contributed by atoms with E-state index in [0.29, 0.717) is 11.6 Å². The summed E-state index contributed by atoms with van der Waals surface area (Å²) in [7, 11) is 0. The third kappa shape index (κ3) is 4.15. The van der Waals surface area contributed by atoms with E-state index < -0.39 is 23.1 Å². The third-order valence-corrected chi connectivity index (χ3v) is 5.15. The molecule has 2 N–H and O–H groups in total. The van der Waals surface area contributed by atoms with Crippen LogP contribution in [0.2, 0.25) is 0 Å². The van der Waals surface area contributed by atoms with Gasteiger partial charge in [0.2, 0.25) is 11.6 Å². The Morgan fingerprint density at radius 3 is 2.40 bits per heavy atom. The van der Waals surface area contributed by atoms with Crippen molar-refractivity contribution in [2.75, 3.05) is 6.54 Å². The maximum Gasteiger partial charge on any atom is 0.341 e. The Morgan fingerprint density at radius 2 is 1.73 bits per heavy atom. The lowest BCUT2D eigenvalue weighted by Crippen LogP contribution is -2.38. The van der Waals surface area contributed by atoms with Crippen LogP contribution >= 0.6 is 0 Å². The molecule has 30 heavy (non-hydrogen) atoms. The summed E-state index contributed by atoms with van der Waals surface area (Å²) >= 11 is 0. The number of carboxylic acids is 1. The van der Waals surface area contributed by atoms with Gasteiger partial charge in [-0.1, -0.05) is 36.4 Å². The topological polar surface area (TPSA) is 104 Å². The Kier molecular flexibility index (Phi) is 5.18. The molecule has 1 saturated carbocycles. The van der Waals surface area contributed by atoms with E-state index in [0.717, 1.165) is 29.5 Å². The van der Waals surface area contributed by atoms with Crippen LogP contribution in [0.1, 0.15) is 28.8 Å². The lowest BCUT2D eigenvalue weighted by Gasteiger charge is -2.25. The van der Waals surface area contributed by atoms with Crippen molar-refractivity contribution in [3.8, 4) is 11.1 Å². The van der Waals surface area contributed by atoms with E-state index in [9.17, 15) is 24.3 Å². The van der Waals surface area contributed by atoms with E-state index in [1.54, 1.807) is 12.1 Å². The number of carbonyl (C=O) groups excluding carboxylic acids is 3. The first kappa shape index (κ1) is 19.6. The van der Waals surface area contributed by atoms with Gasteiger partial charge >= 0.3 is 5.97 Å². The number of carbonyl (C=O) groups is 4. The molecule has 0 unspecified atom stereocenters. The highest BCUT2D eigenvalue weighted by molar-refractivity contribution is 6.50. The van der Waals surface area contributed by atoms with Gasteiger partial charge in [-0.05, 0) is 41.7 Å². The summed E-state index contributed by atoms with van der Waals surface area (Å²) in [4.78, 5) is 48.6. The van der Waals surface area contributed by atoms with Gasteiger partial charge in [-0.2, -0.15) is 0 Å². The molecule has 0 atom stereocenters. The molecule has 2 aromatic carbocycles. The molecule has 1 aliphatic heterocycles. The fourth-order valence-electron chi connectivity index (χ4n) is 3.40. The van der Waals surface area contributed by atoms with Crippen molar-refractivity contribution >= 4 is 23.4 Å². The molecule has 0 saturated heterocycles. The number of carboxylic acid groups (broad SMARTS) is 1. The largest absolute Gasteiger partial charge is 0.477 e. The highest BCUT2D eigenvalue weighted by Gasteiger charge is 2.31. The zero-order valence-corrected chi connectivity index (χ0v) is 16.1. The van der Waals surface area contributed by atoms with Crippen molar-refractivity contribution in [2.45, 2.75) is 25.4 Å². The maximum atomic E-state index is 12.2. The molecule has 1 heterocycles. The Hall–Kier alpha value is -3.74. The fraction of sp³-hybridized carbons (Fsp3) is 0.217. The fourth-order valence-corrected chi connectivity index (χ4v) is 3.40. The number of hydrogen-bond acceptors (Lipinski definition) is 5. The quantitative estimate of drug-likeness (QED) is 0.565. The normalized spacial score (nSPS) is 16.3. The van der Waals surface area contributed by atoms with Crippen molar-refractivity contribution < 1.29 is 24.3 Å². The summed E-state index contributed by atoms with van der Waals surface area (Å²) in [6.07, 6.45) is 3.29. The van der Waals surface area contributed by atoms with Crippen LogP contribution in [0, 0.1) is 0 Å². The van der Waals surface area contributed by atoms with Crippen LogP contribution in [-0.2, 0) is 20.9 Å². The average Bonchev–Trinajstić information content (AvgIpc) is 3.55. The smallest absolute Gasteiger partial charge is 0.341 e. The van der Waals surface area contributed by atoms with Gasteiger partial charge in [0.05, 0.1) is 6.54 Å². The van der Waals surface area contributed by atoms with Crippen LogP contribution in [0.5, 0.6) is 0 Å². The van der Waals surface area contributed by atoms with E-state index in [-0.39, 0.29) is 19.0 Å². The second-order valence-corrected chi connectivity index (χ2v) is 7.49.